The number of halogens is 1. The minimum atomic E-state index is -0.789. The largest absolute Gasteiger partial charge is 0.444 e. The lowest BCUT2D eigenvalue weighted by molar-refractivity contribution is -0.384. The summed E-state index contributed by atoms with van der Waals surface area (Å²) in [5.74, 6) is -0.836. The molecule has 7 nitrogen and oxygen atoms in total. The Hall–Kier alpha value is -2.41. The number of oxazole rings is 1. The van der Waals surface area contributed by atoms with E-state index in [-0.39, 0.29) is 27.7 Å². The van der Waals surface area contributed by atoms with Crippen LogP contribution in [0.5, 0.6) is 0 Å². The summed E-state index contributed by atoms with van der Waals surface area (Å²) in [7, 11) is 0. The van der Waals surface area contributed by atoms with Crippen LogP contribution in [0.15, 0.2) is 29.0 Å². The van der Waals surface area contributed by atoms with Crippen LogP contribution in [0.1, 0.15) is 10.4 Å². The van der Waals surface area contributed by atoms with E-state index >= 15 is 0 Å². The first-order chi connectivity index (χ1) is 8.52. The summed E-state index contributed by atoms with van der Waals surface area (Å²) in [4.78, 5) is 25.2. The van der Waals surface area contributed by atoms with Crippen LogP contribution >= 0.6 is 11.6 Å². The van der Waals surface area contributed by atoms with E-state index in [4.69, 9.17) is 21.8 Å². The van der Waals surface area contributed by atoms with Crippen LogP contribution in [0.4, 0.5) is 5.69 Å². The summed E-state index contributed by atoms with van der Waals surface area (Å²) in [6.07, 6.45) is 2.55. The summed E-state index contributed by atoms with van der Waals surface area (Å²) in [5, 5.41) is 10.8. The molecular weight excluding hydrogens is 262 g/mol. The molecular formula is C10H6ClN3O4. The summed E-state index contributed by atoms with van der Waals surface area (Å²) in [6, 6.07) is 2.32. The van der Waals surface area contributed by atoms with Crippen molar-refractivity contribution in [2.45, 2.75) is 0 Å². The van der Waals surface area contributed by atoms with Crippen molar-refractivity contribution in [2.75, 3.05) is 0 Å². The molecule has 0 unspecified atom stereocenters. The van der Waals surface area contributed by atoms with Crippen molar-refractivity contribution in [3.63, 3.8) is 0 Å². The van der Waals surface area contributed by atoms with Crippen molar-refractivity contribution in [1.29, 1.82) is 0 Å². The molecule has 0 radical (unpaired) electrons. The average molecular weight is 268 g/mol. The average Bonchev–Trinajstić information content (AvgIpc) is 2.80. The number of rotatable bonds is 3. The Bertz CT molecular complexity index is 624. The number of nitrogens with zero attached hydrogens (tertiary/aromatic N) is 2. The van der Waals surface area contributed by atoms with Gasteiger partial charge in [0, 0.05) is 6.07 Å². The topological polar surface area (TPSA) is 112 Å². The van der Waals surface area contributed by atoms with E-state index in [1.807, 2.05) is 0 Å². The Morgan fingerprint density at radius 1 is 1.50 bits per heavy atom. The fourth-order valence-corrected chi connectivity index (χ4v) is 1.79. The molecule has 2 N–H and O–H groups in total. The van der Waals surface area contributed by atoms with E-state index in [1.54, 1.807) is 0 Å². The van der Waals surface area contributed by atoms with Crippen molar-refractivity contribution >= 4 is 23.2 Å². The Kier molecular flexibility index (Phi) is 2.99. The van der Waals surface area contributed by atoms with Gasteiger partial charge in [-0.2, -0.15) is 0 Å². The zero-order valence-corrected chi connectivity index (χ0v) is 9.55. The number of amides is 1. The van der Waals surface area contributed by atoms with Crippen LogP contribution in [-0.4, -0.2) is 15.8 Å². The van der Waals surface area contributed by atoms with Gasteiger partial charge in [-0.1, -0.05) is 11.6 Å². The van der Waals surface area contributed by atoms with Gasteiger partial charge in [-0.25, -0.2) is 4.98 Å². The van der Waals surface area contributed by atoms with Crippen LogP contribution in [0.3, 0.4) is 0 Å². The maximum atomic E-state index is 11.1. The molecule has 0 aliphatic carbocycles. The van der Waals surface area contributed by atoms with E-state index < -0.39 is 10.8 Å². The SMILES string of the molecule is NC(=O)c1ccc([N+](=O)[O-])c(-c2ncco2)c1Cl. The van der Waals surface area contributed by atoms with Gasteiger partial charge in [-0.3, -0.25) is 14.9 Å². The number of carbonyl (C=O) groups is 1. The van der Waals surface area contributed by atoms with E-state index in [0.29, 0.717) is 0 Å². The molecule has 2 rings (SSSR count). The standard InChI is InChI=1S/C10H6ClN3O4/c11-8-5(9(12)15)1-2-6(14(16)17)7(8)10-13-3-4-18-10/h1-4H,(H2,12,15). The van der Waals surface area contributed by atoms with Crippen molar-refractivity contribution < 1.29 is 14.1 Å². The van der Waals surface area contributed by atoms with Crippen molar-refractivity contribution in [2.24, 2.45) is 5.73 Å². The molecule has 0 saturated heterocycles. The van der Waals surface area contributed by atoms with Crippen LogP contribution in [0, 0.1) is 10.1 Å². The minimum absolute atomic E-state index is 0.0320. The van der Waals surface area contributed by atoms with Gasteiger partial charge in [0.25, 0.3) is 5.69 Å². The molecule has 1 aromatic heterocycles. The second-order valence-electron chi connectivity index (χ2n) is 3.28. The number of hydrogen-bond acceptors (Lipinski definition) is 5. The third-order valence-corrected chi connectivity index (χ3v) is 2.62. The fraction of sp³-hybridized carbons (Fsp3) is 0. The zero-order valence-electron chi connectivity index (χ0n) is 8.79. The summed E-state index contributed by atoms with van der Waals surface area (Å²) in [6.45, 7) is 0. The second-order valence-corrected chi connectivity index (χ2v) is 3.66. The molecule has 0 bridgehead atoms. The molecule has 2 aromatic rings. The molecule has 1 aromatic carbocycles. The highest BCUT2D eigenvalue weighted by Gasteiger charge is 2.25. The first-order valence-electron chi connectivity index (χ1n) is 4.69. The molecule has 0 aliphatic heterocycles. The highest BCUT2D eigenvalue weighted by Crippen LogP contribution is 2.37. The van der Waals surface area contributed by atoms with Crippen molar-refractivity contribution in [3.05, 3.63) is 45.3 Å². The maximum Gasteiger partial charge on any atom is 0.283 e. The predicted molar refractivity (Wildman–Crippen MR) is 62.1 cm³/mol. The van der Waals surface area contributed by atoms with Crippen LogP contribution in [0.25, 0.3) is 11.5 Å². The summed E-state index contributed by atoms with van der Waals surface area (Å²) in [5.41, 5.74) is 4.71. The number of nitrogens with two attached hydrogens (primary N) is 1. The first-order valence-corrected chi connectivity index (χ1v) is 5.06. The van der Waals surface area contributed by atoms with E-state index in [2.05, 4.69) is 4.98 Å². The normalized spacial score (nSPS) is 10.3. The van der Waals surface area contributed by atoms with Gasteiger partial charge in [0.1, 0.15) is 11.8 Å². The molecule has 1 amide bonds. The van der Waals surface area contributed by atoms with Gasteiger partial charge >= 0.3 is 0 Å². The quantitative estimate of drug-likeness (QED) is 0.675. The number of nitro benzene ring substituents is 1. The maximum absolute atomic E-state index is 11.1. The van der Waals surface area contributed by atoms with Gasteiger partial charge in [-0.15, -0.1) is 0 Å². The minimum Gasteiger partial charge on any atom is -0.444 e. The summed E-state index contributed by atoms with van der Waals surface area (Å²) < 4.78 is 4.97. The fourth-order valence-electron chi connectivity index (χ4n) is 1.46. The summed E-state index contributed by atoms with van der Waals surface area (Å²) >= 11 is 5.94. The van der Waals surface area contributed by atoms with Gasteiger partial charge in [-0.05, 0) is 6.07 Å². The lowest BCUT2D eigenvalue weighted by Crippen LogP contribution is -2.12. The molecule has 0 fully saturated rings. The van der Waals surface area contributed by atoms with Crippen LogP contribution in [-0.2, 0) is 0 Å². The monoisotopic (exact) mass is 267 g/mol. The Balaban J connectivity index is 2.77. The lowest BCUT2D eigenvalue weighted by Gasteiger charge is -2.05. The molecule has 0 spiro atoms. The molecule has 0 aliphatic rings. The second kappa shape index (κ2) is 4.46. The van der Waals surface area contributed by atoms with Crippen molar-refractivity contribution in [1.82, 2.24) is 4.98 Å². The third kappa shape index (κ3) is 1.91. The van der Waals surface area contributed by atoms with Crippen LogP contribution < -0.4 is 5.73 Å². The Morgan fingerprint density at radius 3 is 2.72 bits per heavy atom. The smallest absolute Gasteiger partial charge is 0.283 e. The lowest BCUT2D eigenvalue weighted by atomic mass is 10.1. The van der Waals surface area contributed by atoms with Crippen LogP contribution in [0.2, 0.25) is 5.02 Å². The number of hydrogen-bond donors (Lipinski definition) is 1. The van der Waals surface area contributed by atoms with Gasteiger partial charge < -0.3 is 10.2 Å². The predicted octanol–water partition coefficient (Wildman–Crippen LogP) is 2.00. The highest BCUT2D eigenvalue weighted by molar-refractivity contribution is 6.36. The molecule has 0 saturated carbocycles. The highest BCUT2D eigenvalue weighted by atomic mass is 35.5. The number of carbonyl (C=O) groups excluding carboxylic acids is 1. The first kappa shape index (κ1) is 12.1. The molecule has 18 heavy (non-hydrogen) atoms. The zero-order chi connectivity index (χ0) is 13.3. The van der Waals surface area contributed by atoms with E-state index in [0.717, 1.165) is 6.07 Å². The Morgan fingerprint density at radius 2 is 2.22 bits per heavy atom. The number of primary amides is 1. The van der Waals surface area contributed by atoms with Crippen molar-refractivity contribution in [3.8, 4) is 11.5 Å². The van der Waals surface area contributed by atoms with Gasteiger partial charge in [0.2, 0.25) is 11.8 Å². The van der Waals surface area contributed by atoms with E-state index in [9.17, 15) is 14.9 Å². The van der Waals surface area contributed by atoms with Gasteiger partial charge in [0.15, 0.2) is 0 Å². The molecule has 92 valence electrons. The number of aromatic nitrogens is 1. The molecule has 8 heteroatoms. The van der Waals surface area contributed by atoms with E-state index in [1.165, 1.54) is 18.5 Å². The van der Waals surface area contributed by atoms with Gasteiger partial charge in [0.05, 0.1) is 21.7 Å². The molecule has 1 heterocycles. The number of nitro groups is 1. The Labute approximate surface area is 105 Å². The third-order valence-electron chi connectivity index (χ3n) is 2.23. The molecule has 0 atom stereocenters. The number of benzene rings is 1.